The first-order chi connectivity index (χ1) is 13.9. The van der Waals surface area contributed by atoms with Gasteiger partial charge >= 0.3 is 5.63 Å². The van der Waals surface area contributed by atoms with E-state index in [9.17, 15) is 4.79 Å². The summed E-state index contributed by atoms with van der Waals surface area (Å²) in [5, 5.41) is 2.45. The maximum absolute atomic E-state index is 12.5. The number of hydrogen-bond acceptors (Lipinski definition) is 4. The van der Waals surface area contributed by atoms with Crippen LogP contribution in [0.3, 0.4) is 0 Å². The zero-order valence-corrected chi connectivity index (χ0v) is 16.9. The Labute approximate surface area is 169 Å². The molecule has 0 bridgehead atoms. The summed E-state index contributed by atoms with van der Waals surface area (Å²) in [6.45, 7) is 7.72. The van der Waals surface area contributed by atoms with Gasteiger partial charge in [-0.3, -0.25) is 0 Å². The van der Waals surface area contributed by atoms with Crippen LogP contribution in [0.1, 0.15) is 31.9 Å². The zero-order valence-electron chi connectivity index (χ0n) is 16.9. The molecule has 0 N–H and O–H groups in total. The third kappa shape index (κ3) is 2.96. The van der Waals surface area contributed by atoms with Crippen molar-refractivity contribution in [2.45, 2.75) is 32.7 Å². The summed E-state index contributed by atoms with van der Waals surface area (Å²) in [6, 6.07) is 20.1. The van der Waals surface area contributed by atoms with Gasteiger partial charge in [-0.2, -0.15) is 0 Å². The van der Waals surface area contributed by atoms with Gasteiger partial charge in [-0.15, -0.1) is 0 Å². The minimum atomic E-state index is -0.312. The molecule has 0 amide bonds. The second-order valence-electron chi connectivity index (χ2n) is 8.62. The van der Waals surface area contributed by atoms with Crippen molar-refractivity contribution in [3.63, 3.8) is 0 Å². The summed E-state index contributed by atoms with van der Waals surface area (Å²) >= 11 is 0. The number of nitrogens with zero attached hydrogens (tertiary/aromatic N) is 1. The van der Waals surface area contributed by atoms with E-state index in [4.69, 9.17) is 9.15 Å². The van der Waals surface area contributed by atoms with Crippen LogP contribution in [0.25, 0.3) is 21.7 Å². The molecule has 4 aromatic rings. The van der Waals surface area contributed by atoms with Gasteiger partial charge < -0.3 is 14.1 Å². The van der Waals surface area contributed by atoms with E-state index in [1.54, 1.807) is 6.07 Å². The van der Waals surface area contributed by atoms with Crippen molar-refractivity contribution >= 4 is 27.4 Å². The Balaban J connectivity index is 1.60. The van der Waals surface area contributed by atoms with Crippen molar-refractivity contribution in [3.8, 4) is 5.75 Å². The zero-order chi connectivity index (χ0) is 20.2. The van der Waals surface area contributed by atoms with Gasteiger partial charge in [-0.25, -0.2) is 4.79 Å². The Morgan fingerprint density at radius 3 is 2.31 bits per heavy atom. The van der Waals surface area contributed by atoms with Crippen molar-refractivity contribution in [2.24, 2.45) is 0 Å². The number of ether oxygens (including phenoxy) is 1. The Bertz CT molecular complexity index is 1280. The molecule has 4 heteroatoms. The predicted octanol–water partition coefficient (Wildman–Crippen LogP) is 5.60. The van der Waals surface area contributed by atoms with Crippen molar-refractivity contribution < 1.29 is 9.15 Å². The van der Waals surface area contributed by atoms with Gasteiger partial charge in [0.05, 0.1) is 17.5 Å². The van der Waals surface area contributed by atoms with Gasteiger partial charge in [0, 0.05) is 11.1 Å². The molecule has 5 rings (SSSR count). The molecule has 1 aromatic heterocycles. The fourth-order valence-corrected chi connectivity index (χ4v) is 3.99. The SMILES string of the molecule is CC(C)(C)c1ccc(N2COc3ccc4c(oc(=O)c5ccccc54)c3C2)cc1. The van der Waals surface area contributed by atoms with E-state index in [2.05, 4.69) is 49.9 Å². The maximum atomic E-state index is 12.5. The number of rotatable bonds is 1. The van der Waals surface area contributed by atoms with E-state index in [0.717, 1.165) is 27.8 Å². The molecule has 4 nitrogen and oxygen atoms in total. The van der Waals surface area contributed by atoms with Crippen molar-refractivity contribution in [3.05, 3.63) is 82.2 Å². The monoisotopic (exact) mass is 385 g/mol. The molecule has 0 fully saturated rings. The smallest absolute Gasteiger partial charge is 0.344 e. The van der Waals surface area contributed by atoms with Crippen LogP contribution in [-0.2, 0) is 12.0 Å². The highest BCUT2D eigenvalue weighted by atomic mass is 16.5. The van der Waals surface area contributed by atoms with E-state index < -0.39 is 0 Å². The van der Waals surface area contributed by atoms with Crippen LogP contribution in [0.4, 0.5) is 5.69 Å². The second-order valence-corrected chi connectivity index (χ2v) is 8.62. The first kappa shape index (κ1) is 17.8. The number of hydrogen-bond donors (Lipinski definition) is 0. The van der Waals surface area contributed by atoms with Gasteiger partial charge in [-0.05, 0) is 46.7 Å². The first-order valence-corrected chi connectivity index (χ1v) is 9.87. The van der Waals surface area contributed by atoms with Crippen molar-refractivity contribution in [1.82, 2.24) is 0 Å². The fourth-order valence-electron chi connectivity index (χ4n) is 3.99. The van der Waals surface area contributed by atoms with Crippen LogP contribution >= 0.6 is 0 Å². The summed E-state index contributed by atoms with van der Waals surface area (Å²) < 4.78 is 11.8. The molecule has 0 aliphatic carbocycles. The highest BCUT2D eigenvalue weighted by Crippen LogP contribution is 2.36. The van der Waals surface area contributed by atoms with Crippen LogP contribution < -0.4 is 15.3 Å². The van der Waals surface area contributed by atoms with Gasteiger partial charge in [0.15, 0.2) is 6.73 Å². The topological polar surface area (TPSA) is 42.7 Å². The lowest BCUT2D eigenvalue weighted by Gasteiger charge is -2.31. The van der Waals surface area contributed by atoms with Crippen LogP contribution in [0.2, 0.25) is 0 Å². The maximum Gasteiger partial charge on any atom is 0.344 e. The predicted molar refractivity (Wildman–Crippen MR) is 117 cm³/mol. The Hall–Kier alpha value is -3.27. The molecule has 1 aliphatic heterocycles. The molecule has 0 spiro atoms. The van der Waals surface area contributed by atoms with E-state index >= 15 is 0 Å². The molecule has 3 aromatic carbocycles. The normalized spacial score (nSPS) is 14.1. The molecule has 0 radical (unpaired) electrons. The third-order valence-electron chi connectivity index (χ3n) is 5.67. The summed E-state index contributed by atoms with van der Waals surface area (Å²) in [4.78, 5) is 14.7. The molecule has 0 saturated heterocycles. The average molecular weight is 385 g/mol. The lowest BCUT2D eigenvalue weighted by Crippen LogP contribution is -2.32. The summed E-state index contributed by atoms with van der Waals surface area (Å²) in [7, 11) is 0. The van der Waals surface area contributed by atoms with Gasteiger partial charge in [0.2, 0.25) is 0 Å². The van der Waals surface area contributed by atoms with Gasteiger partial charge in [0.1, 0.15) is 11.3 Å². The lowest BCUT2D eigenvalue weighted by molar-refractivity contribution is 0.289. The number of anilines is 1. The summed E-state index contributed by atoms with van der Waals surface area (Å²) in [5.41, 5.74) is 3.71. The van der Waals surface area contributed by atoms with Crippen molar-refractivity contribution in [2.75, 3.05) is 11.6 Å². The van der Waals surface area contributed by atoms with E-state index in [0.29, 0.717) is 24.2 Å². The minimum Gasteiger partial charge on any atom is -0.473 e. The number of fused-ring (bicyclic) bond motifs is 5. The Kier molecular flexibility index (Phi) is 3.91. The molecular formula is C25H23NO3. The van der Waals surface area contributed by atoms with E-state index in [-0.39, 0.29) is 11.0 Å². The van der Waals surface area contributed by atoms with E-state index in [1.807, 2.05) is 30.3 Å². The van der Waals surface area contributed by atoms with Crippen LogP contribution in [-0.4, -0.2) is 6.73 Å². The Morgan fingerprint density at radius 2 is 1.59 bits per heavy atom. The molecule has 1 aliphatic rings. The molecule has 2 heterocycles. The van der Waals surface area contributed by atoms with Crippen molar-refractivity contribution in [1.29, 1.82) is 0 Å². The third-order valence-corrected chi connectivity index (χ3v) is 5.67. The molecular weight excluding hydrogens is 362 g/mol. The Morgan fingerprint density at radius 1 is 0.862 bits per heavy atom. The minimum absolute atomic E-state index is 0.115. The first-order valence-electron chi connectivity index (χ1n) is 9.87. The molecule has 0 unspecified atom stereocenters. The molecule has 146 valence electrons. The fraction of sp³-hybridized carbons (Fsp3) is 0.240. The quantitative estimate of drug-likeness (QED) is 0.316. The molecule has 29 heavy (non-hydrogen) atoms. The highest BCUT2D eigenvalue weighted by Gasteiger charge is 2.23. The van der Waals surface area contributed by atoms with E-state index in [1.165, 1.54) is 5.56 Å². The van der Waals surface area contributed by atoms with Gasteiger partial charge in [-0.1, -0.05) is 51.1 Å². The average Bonchev–Trinajstić information content (AvgIpc) is 2.73. The summed E-state index contributed by atoms with van der Waals surface area (Å²) in [5.74, 6) is 0.776. The largest absolute Gasteiger partial charge is 0.473 e. The van der Waals surface area contributed by atoms with Crippen LogP contribution in [0, 0.1) is 0 Å². The summed E-state index contributed by atoms with van der Waals surface area (Å²) in [6.07, 6.45) is 0. The number of benzene rings is 3. The second kappa shape index (κ2) is 6.38. The molecule has 0 saturated carbocycles. The lowest BCUT2D eigenvalue weighted by atomic mass is 9.87. The standard InChI is InChI=1S/C25H23NO3/c1-25(2,3)16-8-10-17(11-9-16)26-14-21-22(28-15-26)13-12-19-18-6-4-5-7-20(18)24(27)29-23(19)21/h4-13H,14-15H2,1-3H3. The van der Waals surface area contributed by atoms with Gasteiger partial charge in [0.25, 0.3) is 0 Å². The highest BCUT2D eigenvalue weighted by molar-refractivity contribution is 6.05. The molecule has 0 atom stereocenters. The van der Waals surface area contributed by atoms with Crippen LogP contribution in [0.5, 0.6) is 5.75 Å². The van der Waals surface area contributed by atoms with Crippen LogP contribution in [0.15, 0.2) is 69.9 Å².